The first kappa shape index (κ1) is 31.9. The number of methoxy groups -OCH3 is 1. The van der Waals surface area contributed by atoms with E-state index in [9.17, 15) is 13.2 Å². The van der Waals surface area contributed by atoms with Gasteiger partial charge in [-0.1, -0.05) is 24.3 Å². The number of hydrogen-bond donors (Lipinski definition) is 0. The van der Waals surface area contributed by atoms with Crippen LogP contribution in [0.4, 0.5) is 0 Å². The fourth-order valence-electron chi connectivity index (χ4n) is 6.90. The molecule has 43 heavy (non-hydrogen) atoms. The lowest BCUT2D eigenvalue weighted by molar-refractivity contribution is -0.138. The van der Waals surface area contributed by atoms with Crippen molar-refractivity contribution in [1.82, 2.24) is 19.0 Å². The van der Waals surface area contributed by atoms with Gasteiger partial charge in [-0.25, -0.2) is 8.42 Å². The maximum absolute atomic E-state index is 14.3. The van der Waals surface area contributed by atoms with Crippen LogP contribution in [0.1, 0.15) is 40.7 Å². The number of amides is 1. The zero-order valence-corrected chi connectivity index (χ0v) is 27.3. The second-order valence-corrected chi connectivity index (χ2v) is 14.4. The predicted octanol–water partition coefficient (Wildman–Crippen LogP) is 3.24. The molecule has 1 atom stereocenters. The lowest BCUT2D eigenvalue weighted by atomic mass is 9.96. The average molecular weight is 613 g/mol. The van der Waals surface area contributed by atoms with Gasteiger partial charge in [0.05, 0.1) is 24.7 Å². The molecule has 5 rings (SSSR count). The molecule has 3 aliphatic heterocycles. The molecule has 0 bridgehead atoms. The van der Waals surface area contributed by atoms with Crippen molar-refractivity contribution in [3.63, 3.8) is 0 Å². The molecule has 0 spiro atoms. The number of piperazine rings is 1. The van der Waals surface area contributed by atoms with E-state index in [1.807, 2.05) is 43.9 Å². The first-order chi connectivity index (χ1) is 20.6. The Morgan fingerprint density at radius 3 is 2.30 bits per heavy atom. The summed E-state index contributed by atoms with van der Waals surface area (Å²) >= 11 is 0. The summed E-state index contributed by atoms with van der Waals surface area (Å²) in [6, 6.07) is 9.35. The molecular weight excluding hydrogens is 564 g/mol. The summed E-state index contributed by atoms with van der Waals surface area (Å²) in [6.07, 6.45) is 3.03. The quantitative estimate of drug-likeness (QED) is 0.430. The maximum Gasteiger partial charge on any atom is 0.248 e. The van der Waals surface area contributed by atoms with Gasteiger partial charge in [-0.2, -0.15) is 4.31 Å². The smallest absolute Gasteiger partial charge is 0.248 e. The molecule has 1 amide bonds. The number of sulfonamides is 1. The van der Waals surface area contributed by atoms with E-state index in [0.29, 0.717) is 41.3 Å². The lowest BCUT2D eigenvalue weighted by Gasteiger charge is -2.38. The normalized spacial score (nSPS) is 21.1. The van der Waals surface area contributed by atoms with E-state index in [4.69, 9.17) is 9.47 Å². The Kier molecular flexibility index (Phi) is 10.1. The number of rotatable bonds is 9. The van der Waals surface area contributed by atoms with Crippen LogP contribution in [0, 0.1) is 26.7 Å². The average Bonchev–Trinajstić information content (AvgIpc) is 3.00. The van der Waals surface area contributed by atoms with Crippen LogP contribution < -0.4 is 4.74 Å². The number of ether oxygens (including phenoxy) is 2. The molecule has 10 heteroatoms. The van der Waals surface area contributed by atoms with Gasteiger partial charge in [-0.15, -0.1) is 0 Å². The largest absolute Gasteiger partial charge is 0.496 e. The molecule has 3 aliphatic rings. The molecule has 2 aromatic carbocycles. The van der Waals surface area contributed by atoms with E-state index in [0.717, 1.165) is 42.2 Å². The van der Waals surface area contributed by atoms with Crippen LogP contribution in [0.25, 0.3) is 0 Å². The third-order valence-corrected chi connectivity index (χ3v) is 11.9. The minimum atomic E-state index is -3.86. The molecule has 0 radical (unpaired) electrons. The SMILES string of the molecule is COc1cc(C)c(S(=O)(=O)N2Cc3ccccc3CC2COCC(=O)N2CCN(CC3CCN(C)CC3)CC2)c(C)c1C. The summed E-state index contributed by atoms with van der Waals surface area (Å²) in [5.41, 5.74) is 4.28. The number of likely N-dealkylation sites (tertiary alicyclic amines) is 1. The van der Waals surface area contributed by atoms with Gasteiger partial charge in [0.15, 0.2) is 0 Å². The van der Waals surface area contributed by atoms with Crippen molar-refractivity contribution in [3.05, 3.63) is 58.1 Å². The number of carbonyl (C=O) groups excluding carboxylic acids is 1. The first-order valence-electron chi connectivity index (χ1n) is 15.6. The summed E-state index contributed by atoms with van der Waals surface area (Å²) in [6.45, 7) is 12.6. The van der Waals surface area contributed by atoms with E-state index in [1.165, 1.54) is 25.9 Å². The Morgan fingerprint density at radius 1 is 0.953 bits per heavy atom. The molecule has 0 aliphatic carbocycles. The molecule has 2 saturated heterocycles. The highest BCUT2D eigenvalue weighted by Crippen LogP contribution is 2.36. The van der Waals surface area contributed by atoms with Gasteiger partial charge in [0, 0.05) is 39.3 Å². The van der Waals surface area contributed by atoms with Crippen LogP contribution in [0.5, 0.6) is 5.75 Å². The molecule has 0 saturated carbocycles. The highest BCUT2D eigenvalue weighted by atomic mass is 32.2. The Hall–Kier alpha value is -2.50. The molecule has 0 aromatic heterocycles. The minimum absolute atomic E-state index is 0.0259. The Morgan fingerprint density at radius 2 is 1.63 bits per heavy atom. The second kappa shape index (κ2) is 13.6. The molecule has 9 nitrogen and oxygen atoms in total. The number of piperidine rings is 1. The summed E-state index contributed by atoms with van der Waals surface area (Å²) in [7, 11) is -0.0716. The minimum Gasteiger partial charge on any atom is -0.496 e. The van der Waals surface area contributed by atoms with Crippen LogP contribution in [-0.4, -0.2) is 113 Å². The van der Waals surface area contributed by atoms with Crippen LogP contribution in [0.15, 0.2) is 35.2 Å². The van der Waals surface area contributed by atoms with E-state index in [2.05, 4.69) is 22.9 Å². The van der Waals surface area contributed by atoms with E-state index in [1.54, 1.807) is 17.5 Å². The Labute approximate surface area is 257 Å². The first-order valence-corrected chi connectivity index (χ1v) is 17.0. The number of carbonyl (C=O) groups is 1. The zero-order valence-electron chi connectivity index (χ0n) is 26.5. The number of hydrogen-bond acceptors (Lipinski definition) is 7. The second-order valence-electron chi connectivity index (χ2n) is 12.6. The fourth-order valence-corrected chi connectivity index (χ4v) is 8.97. The van der Waals surface area contributed by atoms with Crippen molar-refractivity contribution >= 4 is 15.9 Å². The summed E-state index contributed by atoms with van der Waals surface area (Å²) < 4.78 is 41.6. The van der Waals surface area contributed by atoms with Gasteiger partial charge in [0.25, 0.3) is 0 Å². The van der Waals surface area contributed by atoms with E-state index in [-0.39, 0.29) is 25.7 Å². The van der Waals surface area contributed by atoms with Crippen molar-refractivity contribution in [1.29, 1.82) is 0 Å². The zero-order chi connectivity index (χ0) is 30.7. The summed E-state index contributed by atoms with van der Waals surface area (Å²) in [4.78, 5) is 20.2. The van der Waals surface area contributed by atoms with Crippen LogP contribution in [0.2, 0.25) is 0 Å². The molecule has 1 unspecified atom stereocenters. The molecule has 2 fully saturated rings. The molecule has 2 aromatic rings. The van der Waals surface area contributed by atoms with E-state index >= 15 is 0 Å². The number of aryl methyl sites for hydroxylation is 1. The molecule has 3 heterocycles. The highest BCUT2D eigenvalue weighted by molar-refractivity contribution is 7.89. The van der Waals surface area contributed by atoms with Crippen molar-refractivity contribution in [2.24, 2.45) is 5.92 Å². The van der Waals surface area contributed by atoms with Crippen molar-refractivity contribution in [3.8, 4) is 5.75 Å². The number of benzene rings is 2. The Bertz CT molecular complexity index is 1400. The van der Waals surface area contributed by atoms with Gasteiger partial charge < -0.3 is 19.3 Å². The van der Waals surface area contributed by atoms with Gasteiger partial charge >= 0.3 is 0 Å². The monoisotopic (exact) mass is 612 g/mol. The standard InChI is InChI=1S/C33H48N4O5S/c1-24-18-31(41-5)25(2)26(3)33(24)43(39,40)37-21-29-9-7-6-8-28(29)19-30(37)22-42-23-32(38)36-16-14-35(15-17-36)20-27-10-12-34(4)13-11-27/h6-9,18,27,30H,10-17,19-23H2,1-5H3. The molecular formula is C33H48N4O5S. The number of fused-ring (bicyclic) bond motifs is 1. The van der Waals surface area contributed by atoms with Crippen LogP contribution >= 0.6 is 0 Å². The third kappa shape index (κ3) is 7.09. The van der Waals surface area contributed by atoms with Crippen molar-refractivity contribution < 1.29 is 22.7 Å². The lowest BCUT2D eigenvalue weighted by Crippen LogP contribution is -2.51. The summed E-state index contributed by atoms with van der Waals surface area (Å²) in [5.74, 6) is 1.40. The van der Waals surface area contributed by atoms with Gasteiger partial charge in [0.2, 0.25) is 15.9 Å². The van der Waals surface area contributed by atoms with Gasteiger partial charge in [0.1, 0.15) is 12.4 Å². The van der Waals surface area contributed by atoms with Crippen LogP contribution in [-0.2, 0) is 32.5 Å². The van der Waals surface area contributed by atoms with Crippen molar-refractivity contribution in [2.45, 2.75) is 57.5 Å². The molecule has 0 N–H and O–H groups in total. The number of nitrogens with zero attached hydrogens (tertiary/aromatic N) is 4. The molecule has 236 valence electrons. The Balaban J connectivity index is 1.22. The van der Waals surface area contributed by atoms with Crippen molar-refractivity contribution in [2.75, 3.05) is 73.2 Å². The fraction of sp³-hybridized carbons (Fsp3) is 0.606. The van der Waals surface area contributed by atoms with Crippen LogP contribution in [0.3, 0.4) is 0 Å². The maximum atomic E-state index is 14.3. The highest BCUT2D eigenvalue weighted by Gasteiger charge is 2.38. The summed E-state index contributed by atoms with van der Waals surface area (Å²) in [5, 5.41) is 0. The van der Waals surface area contributed by atoms with Gasteiger partial charge in [-0.3, -0.25) is 9.69 Å². The third-order valence-electron chi connectivity index (χ3n) is 9.69. The predicted molar refractivity (Wildman–Crippen MR) is 168 cm³/mol. The van der Waals surface area contributed by atoms with Gasteiger partial charge in [-0.05, 0) is 100.0 Å². The van der Waals surface area contributed by atoms with E-state index < -0.39 is 16.1 Å². The topological polar surface area (TPSA) is 82.6 Å².